The van der Waals surface area contributed by atoms with Crippen LogP contribution in [-0.4, -0.2) is 7.32 Å². The Morgan fingerprint density at radius 2 is 0.311 bits per heavy atom. The molecule has 0 aliphatic rings. The van der Waals surface area contributed by atoms with E-state index in [2.05, 4.69) is 372 Å². The van der Waals surface area contributed by atoms with Crippen molar-refractivity contribution in [3.05, 3.63) is 359 Å². The van der Waals surface area contributed by atoms with E-state index in [1.165, 1.54) is 140 Å². The third-order valence-electron chi connectivity index (χ3n) is 20.4. The molecule has 0 aliphatic heterocycles. The summed E-state index contributed by atoms with van der Waals surface area (Å²) >= 11 is 0. The van der Waals surface area contributed by atoms with Gasteiger partial charge in [-0.2, -0.15) is 13.4 Å². The lowest BCUT2D eigenvalue weighted by molar-refractivity contribution is -0.479. The predicted molar refractivity (Wildman–Crippen MR) is 451 cm³/mol. The van der Waals surface area contributed by atoms with Crippen LogP contribution in [0, 0.1) is 0 Å². The topological polar surface area (TPSA) is 69.2 Å². The maximum Gasteiger partial charge on any atom is 0.151 e. The van der Waals surface area contributed by atoms with E-state index in [1.807, 2.05) is 0 Å². The van der Waals surface area contributed by atoms with E-state index in [4.69, 9.17) is 15.1 Å². The van der Waals surface area contributed by atoms with Crippen molar-refractivity contribution < 1.29 is 15.1 Å². The number of aryl methyl sites for hydroxylation is 3. The van der Waals surface area contributed by atoms with Gasteiger partial charge in [-0.15, -0.1) is 0 Å². The molecule has 0 saturated heterocycles. The van der Waals surface area contributed by atoms with Gasteiger partial charge in [0.1, 0.15) is 51.2 Å². The van der Waals surface area contributed by atoms with Crippen LogP contribution in [0.1, 0.15) is 170 Å². The van der Waals surface area contributed by atoms with E-state index < -0.39 is 7.32 Å². The molecule has 0 fully saturated rings. The van der Waals surface area contributed by atoms with Gasteiger partial charge in [0.25, 0.3) is 0 Å². The molecule has 0 heterocycles. The summed E-state index contributed by atoms with van der Waals surface area (Å²) in [5.74, 6) is 0. The number of rotatable bonds is 30. The van der Waals surface area contributed by atoms with E-state index in [-0.39, 0.29) is 0 Å². The van der Waals surface area contributed by atoms with Gasteiger partial charge in [0.15, 0.2) is 17.1 Å². The minimum absolute atomic E-state index is 0.598. The molecule has 7 heteroatoms. The molecule has 106 heavy (non-hydrogen) atoms. The molecule has 0 spiro atoms. The summed E-state index contributed by atoms with van der Waals surface area (Å²) in [5, 5.41) is 25.2. The first-order valence-electron chi connectivity index (χ1n) is 39.6. The average Bonchev–Trinajstić information content (AvgIpc) is 0.738. The standard InChI is InChI=1S/3C33H38N.BO3/c3*1-4-16-27-25-26-33(32(18-6-3)31(27)17-5-2)34(28-19-10-7-11-20-28,29-21-12-8-13-22-29)30-23-14-9-15-24-30;2-1(3)4/h3*7-15,19-26H,4-6,16-18H2,1-3H3;/q3*+1;-3. The molecule has 0 saturated carbocycles. The van der Waals surface area contributed by atoms with Crippen molar-refractivity contribution in [3.8, 4) is 0 Å². The highest BCUT2D eigenvalue weighted by atomic mass is 16.5. The van der Waals surface area contributed by atoms with Gasteiger partial charge in [0.05, 0.1) is 0 Å². The molecule has 0 unspecified atom stereocenters. The first-order chi connectivity index (χ1) is 52.0. The maximum absolute atomic E-state index is 8.42. The maximum atomic E-state index is 8.42. The Balaban J connectivity index is 0.000000179. The minimum atomic E-state index is -2.92. The molecule has 12 aromatic rings. The minimum Gasteiger partial charge on any atom is -0.907 e. The monoisotopic (exact) mass is 1400 g/mol. The molecule has 0 aliphatic carbocycles. The number of para-hydroxylation sites is 9. The fraction of sp³-hybridized carbons (Fsp3) is 0.273. The van der Waals surface area contributed by atoms with Crippen molar-refractivity contribution in [2.75, 3.05) is 0 Å². The van der Waals surface area contributed by atoms with Crippen molar-refractivity contribution in [2.24, 2.45) is 0 Å². The molecule has 0 atom stereocenters. The fourth-order valence-electron chi connectivity index (χ4n) is 16.4. The van der Waals surface area contributed by atoms with E-state index >= 15 is 0 Å². The molecule has 546 valence electrons. The van der Waals surface area contributed by atoms with Crippen molar-refractivity contribution in [3.63, 3.8) is 0 Å². The summed E-state index contributed by atoms with van der Waals surface area (Å²) < 4.78 is 1.79. The highest BCUT2D eigenvalue weighted by Crippen LogP contribution is 2.57. The molecule has 0 radical (unpaired) electrons. The number of benzene rings is 12. The average molecular weight is 1400 g/mol. The van der Waals surface area contributed by atoms with Gasteiger partial charge in [0, 0.05) is 144 Å². The Labute approximate surface area is 637 Å². The second-order valence-electron chi connectivity index (χ2n) is 27.7. The van der Waals surface area contributed by atoms with Crippen LogP contribution in [0.4, 0.5) is 68.2 Å². The van der Waals surface area contributed by atoms with Crippen LogP contribution in [0.15, 0.2) is 309 Å². The smallest absolute Gasteiger partial charge is 0.151 e. The molecule has 0 N–H and O–H groups in total. The Bertz CT molecular complexity index is 3740. The van der Waals surface area contributed by atoms with Gasteiger partial charge in [-0.05, 0) is 91.2 Å². The van der Waals surface area contributed by atoms with Gasteiger partial charge >= 0.3 is 0 Å². The summed E-state index contributed by atoms with van der Waals surface area (Å²) in [5.41, 5.74) is 29.5. The molecule has 12 rings (SSSR count). The van der Waals surface area contributed by atoms with Crippen LogP contribution < -0.4 is 28.5 Å². The van der Waals surface area contributed by atoms with E-state index in [1.54, 1.807) is 16.7 Å². The zero-order valence-corrected chi connectivity index (χ0v) is 64.8. The van der Waals surface area contributed by atoms with Crippen molar-refractivity contribution in [1.82, 2.24) is 13.4 Å². The van der Waals surface area contributed by atoms with Gasteiger partial charge in [-0.3, -0.25) is 7.32 Å². The van der Waals surface area contributed by atoms with Crippen molar-refractivity contribution in [2.45, 2.75) is 178 Å². The van der Waals surface area contributed by atoms with Crippen molar-refractivity contribution in [1.29, 1.82) is 0 Å². The van der Waals surface area contributed by atoms with Gasteiger partial charge in [-0.1, -0.05) is 302 Å². The quantitative estimate of drug-likeness (QED) is 0.0333. The Hall–Kier alpha value is -9.54. The van der Waals surface area contributed by atoms with Crippen LogP contribution in [0.5, 0.6) is 0 Å². The molecule has 0 aromatic heterocycles. The molecule has 12 aromatic carbocycles. The Morgan fingerprint density at radius 3 is 0.443 bits per heavy atom. The third kappa shape index (κ3) is 18.3. The summed E-state index contributed by atoms with van der Waals surface area (Å²) in [6.07, 6.45) is 20.6. The molecular weight excluding hydrogens is 1290 g/mol. The SMILES string of the molecule is CCCc1ccc([N+](c2ccccc2)(c2ccccc2)c2ccccc2)c(CCC)c1CCC.CCCc1ccc([N+](c2ccccc2)(c2ccccc2)c2ccccc2)c(CCC)c1CCC.CCCc1ccc([N+](c2ccccc2)(c2ccccc2)c2ccccc2)c(CCC)c1CCC.[O-]B([O-])[O-]. The third-order valence-corrected chi connectivity index (χ3v) is 20.4. The Kier molecular flexibility index (Phi) is 31.5. The number of nitrogens with zero attached hydrogens (tertiary/aromatic N) is 3. The van der Waals surface area contributed by atoms with Crippen LogP contribution in [0.2, 0.25) is 0 Å². The summed E-state index contributed by atoms with van der Waals surface area (Å²) in [4.78, 5) is 0. The van der Waals surface area contributed by atoms with Crippen LogP contribution in [0.3, 0.4) is 0 Å². The summed E-state index contributed by atoms with van der Waals surface area (Å²) in [6.45, 7) is 20.8. The van der Waals surface area contributed by atoms with E-state index in [0.29, 0.717) is 13.4 Å². The second-order valence-corrected chi connectivity index (χ2v) is 27.7. The van der Waals surface area contributed by atoms with Crippen LogP contribution >= 0.6 is 0 Å². The first-order valence-corrected chi connectivity index (χ1v) is 39.6. The zero-order chi connectivity index (χ0) is 75.0. The van der Waals surface area contributed by atoms with Crippen LogP contribution in [0.25, 0.3) is 0 Å². The van der Waals surface area contributed by atoms with Crippen molar-refractivity contribution >= 4 is 75.6 Å². The largest absolute Gasteiger partial charge is 0.907 e. The van der Waals surface area contributed by atoms with Gasteiger partial charge in [-0.25, -0.2) is 0 Å². The summed E-state index contributed by atoms with van der Waals surface area (Å²) in [7, 11) is -2.92. The number of hydrogen-bond acceptors (Lipinski definition) is 3. The molecular formula is C99H114BN3O3. The van der Waals surface area contributed by atoms with E-state index in [9.17, 15) is 0 Å². The zero-order valence-electron chi connectivity index (χ0n) is 64.8. The number of hydrogen-bond donors (Lipinski definition) is 0. The van der Waals surface area contributed by atoms with Gasteiger partial charge in [0.2, 0.25) is 0 Å². The fourth-order valence-corrected chi connectivity index (χ4v) is 16.4. The first kappa shape index (κ1) is 80.6. The van der Waals surface area contributed by atoms with Crippen LogP contribution in [-0.2, 0) is 57.8 Å². The predicted octanol–water partition coefficient (Wildman–Crippen LogP) is 25.6. The number of quaternary nitrogens is 3. The lowest BCUT2D eigenvalue weighted by Gasteiger charge is -2.39. The normalized spacial score (nSPS) is 11.3. The molecule has 0 bridgehead atoms. The highest BCUT2D eigenvalue weighted by molar-refractivity contribution is 6.24. The highest BCUT2D eigenvalue weighted by Gasteiger charge is 2.45. The molecule has 0 amide bonds. The second kappa shape index (κ2) is 41.4. The molecule has 6 nitrogen and oxygen atoms in total. The van der Waals surface area contributed by atoms with Gasteiger partial charge < -0.3 is 15.1 Å². The lowest BCUT2D eigenvalue weighted by atomic mass is 9.89. The summed E-state index contributed by atoms with van der Waals surface area (Å²) in [6, 6.07) is 114. The lowest BCUT2D eigenvalue weighted by Crippen LogP contribution is -2.56. The van der Waals surface area contributed by atoms with E-state index in [0.717, 1.165) is 77.0 Å². The Morgan fingerprint density at radius 1 is 0.179 bits per heavy atom.